The summed E-state index contributed by atoms with van der Waals surface area (Å²) in [5.41, 5.74) is 2.59. The van der Waals surface area contributed by atoms with E-state index in [0.717, 1.165) is 48.8 Å². The van der Waals surface area contributed by atoms with Crippen LogP contribution >= 0.6 is 0 Å². The molecule has 4 aliphatic rings. The van der Waals surface area contributed by atoms with E-state index < -0.39 is 38.2 Å². The number of allylic oxidation sites excluding steroid dienone is 1. The Hall–Kier alpha value is -2.41. The highest BCUT2D eigenvalue weighted by Gasteiger charge is 2.62. The van der Waals surface area contributed by atoms with Gasteiger partial charge in [0.1, 0.15) is 5.78 Å². The molecule has 0 aliphatic heterocycles. The first-order valence-corrected chi connectivity index (χ1v) is 21.7. The monoisotopic (exact) mass is 756 g/mol. The third kappa shape index (κ3) is 7.47. The second kappa shape index (κ2) is 14.3. The number of aliphatic hydroxyl groups excluding tert-OH is 1. The maximum absolute atomic E-state index is 13.8. The average molecular weight is 757 g/mol. The van der Waals surface area contributed by atoms with Gasteiger partial charge in [-0.05, 0) is 111 Å². The SMILES string of the molecule is Cc1ccc(S(=O)(=O)OC(O)[C@H](C)CCC[C@@H](C)[C@H]2C(=O)C[C@H]3[C@@H]4CC=C5CC(O)(OS(=O)(=O)c6ccc(C)cc6)CC[C@]5(C)[C@H]4CC[C@]23C)cc1. The lowest BCUT2D eigenvalue weighted by Crippen LogP contribution is -2.53. The third-order valence-corrected chi connectivity index (χ3v) is 16.2. The minimum absolute atomic E-state index is 0.0114. The largest absolute Gasteiger partial charge is 0.367 e. The van der Waals surface area contributed by atoms with Gasteiger partial charge in [0, 0.05) is 31.1 Å². The first-order valence-electron chi connectivity index (χ1n) is 18.9. The van der Waals surface area contributed by atoms with Gasteiger partial charge < -0.3 is 10.2 Å². The Labute approximate surface area is 310 Å². The van der Waals surface area contributed by atoms with Crippen molar-refractivity contribution in [1.82, 2.24) is 0 Å². The molecular formula is C41H56O9S2. The van der Waals surface area contributed by atoms with E-state index in [9.17, 15) is 31.8 Å². The van der Waals surface area contributed by atoms with Crippen molar-refractivity contribution in [3.63, 3.8) is 0 Å². The molecule has 3 fully saturated rings. The second-order valence-electron chi connectivity index (χ2n) is 17.1. The summed E-state index contributed by atoms with van der Waals surface area (Å²) in [5, 5.41) is 22.1. The number of ketones is 1. The Balaban J connectivity index is 1.07. The molecule has 6 rings (SSSR count). The predicted molar refractivity (Wildman–Crippen MR) is 198 cm³/mol. The minimum Gasteiger partial charge on any atom is -0.367 e. The quantitative estimate of drug-likeness (QED) is 0.127. The molecule has 4 aliphatic carbocycles. The number of rotatable bonds is 12. The van der Waals surface area contributed by atoms with Gasteiger partial charge in [-0.1, -0.05) is 81.2 Å². The van der Waals surface area contributed by atoms with Crippen molar-refractivity contribution in [2.75, 3.05) is 0 Å². The van der Waals surface area contributed by atoms with Gasteiger partial charge in [-0.25, -0.2) is 8.37 Å². The number of Topliss-reactive ketones (excluding diaryl/α,β-unsaturated/α-hetero) is 1. The summed E-state index contributed by atoms with van der Waals surface area (Å²) < 4.78 is 62.4. The van der Waals surface area contributed by atoms with Crippen LogP contribution in [0.15, 0.2) is 70.0 Å². The van der Waals surface area contributed by atoms with Gasteiger partial charge in [0.15, 0.2) is 12.1 Å². The zero-order chi connectivity index (χ0) is 37.9. The lowest BCUT2D eigenvalue weighted by atomic mass is 9.46. The molecule has 0 aromatic heterocycles. The number of fused-ring (bicyclic) bond motifs is 5. The van der Waals surface area contributed by atoms with Crippen molar-refractivity contribution in [3.05, 3.63) is 71.3 Å². The zero-order valence-corrected chi connectivity index (χ0v) is 33.0. The molecule has 3 saturated carbocycles. The van der Waals surface area contributed by atoms with Gasteiger partial charge in [0.2, 0.25) is 0 Å². The first-order chi connectivity index (χ1) is 24.3. The molecule has 10 atom stereocenters. The predicted octanol–water partition coefficient (Wildman–Crippen LogP) is 7.62. The molecular weight excluding hydrogens is 701 g/mol. The molecule has 2 unspecified atom stereocenters. The van der Waals surface area contributed by atoms with Crippen LogP contribution in [0.2, 0.25) is 0 Å². The molecule has 0 amide bonds. The van der Waals surface area contributed by atoms with E-state index in [-0.39, 0.29) is 51.2 Å². The maximum Gasteiger partial charge on any atom is 0.299 e. The summed E-state index contributed by atoms with van der Waals surface area (Å²) in [4.78, 5) is 13.9. The Morgan fingerprint density at radius 1 is 0.846 bits per heavy atom. The van der Waals surface area contributed by atoms with E-state index in [1.807, 2.05) is 13.8 Å². The molecule has 286 valence electrons. The zero-order valence-electron chi connectivity index (χ0n) is 31.4. The minimum atomic E-state index is -4.15. The van der Waals surface area contributed by atoms with Crippen molar-refractivity contribution in [2.24, 2.45) is 46.3 Å². The molecule has 0 radical (unpaired) electrons. The number of carbonyl (C=O) groups excluding carboxylic acids is 1. The Morgan fingerprint density at radius 3 is 2.06 bits per heavy atom. The molecule has 52 heavy (non-hydrogen) atoms. The number of aryl methyl sites for hydroxylation is 2. The van der Waals surface area contributed by atoms with Crippen LogP contribution in [0, 0.1) is 60.2 Å². The van der Waals surface area contributed by atoms with Crippen LogP contribution in [0.4, 0.5) is 0 Å². The Bertz CT molecular complexity index is 1890. The topological polar surface area (TPSA) is 144 Å². The van der Waals surface area contributed by atoms with Crippen LogP contribution in [0.25, 0.3) is 0 Å². The maximum atomic E-state index is 13.8. The van der Waals surface area contributed by atoms with Gasteiger partial charge in [-0.15, -0.1) is 0 Å². The van der Waals surface area contributed by atoms with Gasteiger partial charge in [0.25, 0.3) is 20.2 Å². The van der Waals surface area contributed by atoms with Crippen molar-refractivity contribution in [2.45, 2.75) is 128 Å². The fourth-order valence-corrected chi connectivity index (χ4v) is 12.6. The fraction of sp³-hybridized carbons (Fsp3) is 0.634. The highest BCUT2D eigenvalue weighted by atomic mass is 32.2. The Kier molecular flexibility index (Phi) is 10.8. The summed E-state index contributed by atoms with van der Waals surface area (Å²) >= 11 is 0. The van der Waals surface area contributed by atoms with Gasteiger partial charge in [-0.3, -0.25) is 4.79 Å². The smallest absolute Gasteiger partial charge is 0.299 e. The van der Waals surface area contributed by atoms with Crippen molar-refractivity contribution >= 4 is 26.0 Å². The number of benzene rings is 2. The molecule has 2 N–H and O–H groups in total. The number of carbonyl (C=O) groups is 1. The molecule has 2 aromatic rings. The normalized spacial score (nSPS) is 33.7. The molecule has 0 bridgehead atoms. The Morgan fingerprint density at radius 2 is 1.44 bits per heavy atom. The summed E-state index contributed by atoms with van der Waals surface area (Å²) in [6.45, 7) is 12.3. The van der Waals surface area contributed by atoms with Gasteiger partial charge in [0.05, 0.1) is 9.79 Å². The molecule has 0 heterocycles. The van der Waals surface area contributed by atoms with Gasteiger partial charge >= 0.3 is 0 Å². The van der Waals surface area contributed by atoms with E-state index in [2.05, 4.69) is 26.8 Å². The third-order valence-electron chi connectivity index (χ3n) is 13.5. The standard InChI is InChI=1S/C41H56O9S2/c1-26-10-15-31(16-11-26)51(45,46)49-38(43)29(4)9-7-8-28(3)37-36(42)24-35-33-19-14-30-25-41(44,50-52(47,48)32-17-12-27(2)13-18-32)23-22-39(30,5)34(33)20-21-40(35,37)6/h10-18,28-29,33-35,37-38,43-44H,7-9,19-25H2,1-6H3/t28-,29-,33-,34+,35+,37+,38?,39+,40+,41?/m1/s1. The molecule has 9 nitrogen and oxygen atoms in total. The van der Waals surface area contributed by atoms with Crippen LogP contribution in [0.3, 0.4) is 0 Å². The van der Waals surface area contributed by atoms with Crippen molar-refractivity contribution < 1.29 is 40.2 Å². The van der Waals surface area contributed by atoms with Crippen molar-refractivity contribution in [1.29, 1.82) is 0 Å². The van der Waals surface area contributed by atoms with Crippen LogP contribution in [-0.4, -0.2) is 44.9 Å². The van der Waals surface area contributed by atoms with E-state index >= 15 is 0 Å². The van der Waals surface area contributed by atoms with E-state index in [0.29, 0.717) is 36.9 Å². The van der Waals surface area contributed by atoms with E-state index in [1.165, 1.54) is 24.3 Å². The van der Waals surface area contributed by atoms with E-state index in [1.54, 1.807) is 31.2 Å². The fourth-order valence-electron chi connectivity index (χ4n) is 10.5. The molecule has 2 aromatic carbocycles. The van der Waals surface area contributed by atoms with Crippen LogP contribution in [0.5, 0.6) is 0 Å². The highest BCUT2D eigenvalue weighted by Crippen LogP contribution is 2.67. The van der Waals surface area contributed by atoms with Crippen molar-refractivity contribution in [3.8, 4) is 0 Å². The average Bonchev–Trinajstić information content (AvgIpc) is 3.34. The summed E-state index contributed by atoms with van der Waals surface area (Å²) in [7, 11) is -8.24. The molecule has 0 spiro atoms. The molecule has 11 heteroatoms. The summed E-state index contributed by atoms with van der Waals surface area (Å²) in [5.74, 6) is -0.881. The van der Waals surface area contributed by atoms with Gasteiger partial charge in [-0.2, -0.15) is 16.8 Å². The van der Waals surface area contributed by atoms with Crippen LogP contribution in [0.1, 0.15) is 103 Å². The van der Waals surface area contributed by atoms with Crippen LogP contribution in [-0.2, 0) is 33.4 Å². The van der Waals surface area contributed by atoms with E-state index in [4.69, 9.17) is 8.37 Å². The molecule has 0 saturated heterocycles. The number of aliphatic hydroxyl groups is 2. The second-order valence-corrected chi connectivity index (χ2v) is 20.2. The summed E-state index contributed by atoms with van der Waals surface area (Å²) in [6.07, 6.45) is 7.07. The highest BCUT2D eigenvalue weighted by molar-refractivity contribution is 7.87. The number of hydrogen-bond acceptors (Lipinski definition) is 9. The lowest BCUT2D eigenvalue weighted by molar-refractivity contribution is -0.166. The lowest BCUT2D eigenvalue weighted by Gasteiger charge is -2.58. The van der Waals surface area contributed by atoms with Crippen LogP contribution < -0.4 is 0 Å². The first kappa shape index (κ1) is 39.3. The summed E-state index contributed by atoms with van der Waals surface area (Å²) in [6, 6.07) is 12.8. The number of hydrogen-bond donors (Lipinski definition) is 2.